The zero-order valence-corrected chi connectivity index (χ0v) is 9.20. The maximum Gasteiger partial charge on any atom is 0.335 e. The average Bonchev–Trinajstić information content (AvgIpc) is 2.40. The smallest absolute Gasteiger partial charge is 0.335 e. The Morgan fingerprint density at radius 3 is 2.44 bits per heavy atom. The highest BCUT2D eigenvalue weighted by molar-refractivity contribution is 6.05. The predicted molar refractivity (Wildman–Crippen MR) is 63.4 cm³/mol. The van der Waals surface area contributed by atoms with Crippen LogP contribution in [0.1, 0.15) is 20.7 Å². The largest absolute Gasteiger partial charge is 0.478 e. The monoisotopic (exact) mass is 243 g/mol. The first kappa shape index (κ1) is 11.7. The van der Waals surface area contributed by atoms with Crippen LogP contribution in [-0.2, 0) is 0 Å². The van der Waals surface area contributed by atoms with Crippen molar-refractivity contribution in [2.75, 3.05) is 5.32 Å². The lowest BCUT2D eigenvalue weighted by molar-refractivity contribution is 0.0697. The van der Waals surface area contributed by atoms with Crippen molar-refractivity contribution in [3.05, 3.63) is 54.1 Å². The third kappa shape index (κ3) is 2.67. The van der Waals surface area contributed by atoms with E-state index >= 15 is 0 Å². The summed E-state index contributed by atoms with van der Waals surface area (Å²) in [6.45, 7) is 0. The number of nitrogens with one attached hydrogen (secondary N) is 1. The van der Waals surface area contributed by atoms with Crippen LogP contribution < -0.4 is 5.32 Å². The summed E-state index contributed by atoms with van der Waals surface area (Å²) < 4.78 is 0. The Hall–Kier alpha value is -2.76. The van der Waals surface area contributed by atoms with Crippen LogP contribution in [0.4, 0.5) is 5.69 Å². The third-order valence-electron chi connectivity index (χ3n) is 2.19. The van der Waals surface area contributed by atoms with E-state index < -0.39 is 11.9 Å². The van der Waals surface area contributed by atoms with Crippen molar-refractivity contribution in [3.8, 4) is 0 Å². The molecule has 1 aromatic carbocycles. The second-order valence-electron chi connectivity index (χ2n) is 3.47. The van der Waals surface area contributed by atoms with Crippen molar-refractivity contribution in [2.24, 2.45) is 0 Å². The van der Waals surface area contributed by atoms with Gasteiger partial charge in [0.25, 0.3) is 5.91 Å². The van der Waals surface area contributed by atoms with E-state index in [9.17, 15) is 9.59 Å². The molecule has 0 saturated carbocycles. The van der Waals surface area contributed by atoms with Crippen LogP contribution in [-0.4, -0.2) is 27.0 Å². The standard InChI is InChI=1S/C12H9N3O3/c16-11(15-10-5-13-7-14-6-10)8-2-1-3-9(4-8)12(17)18/h1-7H,(H,15,16)(H,17,18). The maximum atomic E-state index is 11.8. The number of carboxylic acids is 1. The number of anilines is 1. The molecule has 2 aromatic rings. The molecule has 0 aliphatic heterocycles. The SMILES string of the molecule is O=C(O)c1cccc(C(=O)Nc2cncnc2)c1. The second kappa shape index (κ2) is 5.05. The topological polar surface area (TPSA) is 92.2 Å². The Kier molecular flexibility index (Phi) is 3.29. The predicted octanol–water partition coefficient (Wildman–Crippen LogP) is 1.43. The number of carbonyl (C=O) groups excluding carboxylic acids is 1. The Morgan fingerprint density at radius 2 is 1.78 bits per heavy atom. The molecule has 6 heteroatoms. The fraction of sp³-hybridized carbons (Fsp3) is 0. The summed E-state index contributed by atoms with van der Waals surface area (Å²) in [4.78, 5) is 30.1. The summed E-state index contributed by atoms with van der Waals surface area (Å²) >= 11 is 0. The average molecular weight is 243 g/mol. The van der Waals surface area contributed by atoms with E-state index in [1.807, 2.05) is 0 Å². The van der Waals surface area contributed by atoms with E-state index in [0.29, 0.717) is 5.69 Å². The number of hydrogen-bond acceptors (Lipinski definition) is 4. The van der Waals surface area contributed by atoms with Crippen molar-refractivity contribution in [2.45, 2.75) is 0 Å². The summed E-state index contributed by atoms with van der Waals surface area (Å²) in [6, 6.07) is 5.78. The molecule has 0 atom stereocenters. The number of nitrogens with zero attached hydrogens (tertiary/aromatic N) is 2. The molecule has 2 N–H and O–H groups in total. The molecule has 90 valence electrons. The lowest BCUT2D eigenvalue weighted by atomic mass is 10.1. The Morgan fingerprint density at radius 1 is 1.11 bits per heavy atom. The number of carboxylic acid groups (broad SMARTS) is 1. The van der Waals surface area contributed by atoms with Gasteiger partial charge in [0.05, 0.1) is 23.6 Å². The summed E-state index contributed by atoms with van der Waals surface area (Å²) in [5.74, 6) is -1.49. The highest BCUT2D eigenvalue weighted by Crippen LogP contribution is 2.09. The van der Waals surface area contributed by atoms with Crippen LogP contribution in [0.15, 0.2) is 43.0 Å². The summed E-state index contributed by atoms with van der Waals surface area (Å²) in [5, 5.41) is 11.4. The van der Waals surface area contributed by atoms with Gasteiger partial charge in [0, 0.05) is 5.56 Å². The molecular weight excluding hydrogens is 234 g/mol. The van der Waals surface area contributed by atoms with Gasteiger partial charge in [0.15, 0.2) is 0 Å². The van der Waals surface area contributed by atoms with E-state index in [2.05, 4.69) is 15.3 Å². The molecular formula is C12H9N3O3. The molecule has 0 unspecified atom stereocenters. The van der Waals surface area contributed by atoms with E-state index in [1.165, 1.54) is 43.0 Å². The molecule has 18 heavy (non-hydrogen) atoms. The minimum atomic E-state index is -1.08. The molecule has 0 fully saturated rings. The molecule has 0 radical (unpaired) electrons. The van der Waals surface area contributed by atoms with Gasteiger partial charge in [-0.2, -0.15) is 0 Å². The summed E-state index contributed by atoms with van der Waals surface area (Å²) in [6.07, 6.45) is 4.25. The van der Waals surface area contributed by atoms with Crippen LogP contribution in [0.25, 0.3) is 0 Å². The maximum absolute atomic E-state index is 11.8. The fourth-order valence-corrected chi connectivity index (χ4v) is 1.36. The number of aromatic nitrogens is 2. The van der Waals surface area contributed by atoms with Crippen LogP contribution >= 0.6 is 0 Å². The van der Waals surface area contributed by atoms with Gasteiger partial charge in [0.2, 0.25) is 0 Å². The summed E-state index contributed by atoms with van der Waals surface area (Å²) in [5.41, 5.74) is 0.772. The van der Waals surface area contributed by atoms with Crippen LogP contribution in [0, 0.1) is 0 Å². The van der Waals surface area contributed by atoms with Gasteiger partial charge in [-0.15, -0.1) is 0 Å². The normalized spacial score (nSPS) is 9.78. The Balaban J connectivity index is 2.19. The van der Waals surface area contributed by atoms with Crippen molar-refractivity contribution in [1.82, 2.24) is 9.97 Å². The van der Waals surface area contributed by atoms with E-state index in [1.54, 1.807) is 0 Å². The minimum Gasteiger partial charge on any atom is -0.478 e. The number of aromatic carboxylic acids is 1. The van der Waals surface area contributed by atoms with E-state index in [4.69, 9.17) is 5.11 Å². The first-order valence-corrected chi connectivity index (χ1v) is 5.06. The highest BCUT2D eigenvalue weighted by Gasteiger charge is 2.09. The Labute approximate surface area is 102 Å². The van der Waals surface area contributed by atoms with Gasteiger partial charge in [-0.05, 0) is 18.2 Å². The van der Waals surface area contributed by atoms with E-state index in [-0.39, 0.29) is 11.1 Å². The molecule has 0 bridgehead atoms. The van der Waals surface area contributed by atoms with E-state index in [0.717, 1.165) is 0 Å². The van der Waals surface area contributed by atoms with Crippen molar-refractivity contribution < 1.29 is 14.7 Å². The first-order valence-electron chi connectivity index (χ1n) is 5.06. The van der Waals surface area contributed by atoms with Crippen LogP contribution in [0.5, 0.6) is 0 Å². The second-order valence-corrected chi connectivity index (χ2v) is 3.47. The number of carbonyl (C=O) groups is 2. The highest BCUT2D eigenvalue weighted by atomic mass is 16.4. The number of amides is 1. The molecule has 2 rings (SSSR count). The quantitative estimate of drug-likeness (QED) is 0.850. The van der Waals surface area contributed by atoms with Gasteiger partial charge < -0.3 is 10.4 Å². The number of rotatable bonds is 3. The fourth-order valence-electron chi connectivity index (χ4n) is 1.36. The van der Waals surface area contributed by atoms with Gasteiger partial charge in [-0.25, -0.2) is 14.8 Å². The molecule has 1 heterocycles. The van der Waals surface area contributed by atoms with Crippen molar-refractivity contribution in [1.29, 1.82) is 0 Å². The molecule has 6 nitrogen and oxygen atoms in total. The van der Waals surface area contributed by atoms with Crippen LogP contribution in [0.3, 0.4) is 0 Å². The third-order valence-corrected chi connectivity index (χ3v) is 2.19. The molecule has 0 saturated heterocycles. The van der Waals surface area contributed by atoms with Gasteiger partial charge in [-0.1, -0.05) is 6.07 Å². The molecule has 0 aliphatic carbocycles. The first-order chi connectivity index (χ1) is 8.66. The molecule has 1 aromatic heterocycles. The Bertz CT molecular complexity index is 584. The summed E-state index contributed by atoms with van der Waals surface area (Å²) in [7, 11) is 0. The van der Waals surface area contributed by atoms with Gasteiger partial charge >= 0.3 is 5.97 Å². The number of hydrogen-bond donors (Lipinski definition) is 2. The van der Waals surface area contributed by atoms with Crippen LogP contribution in [0.2, 0.25) is 0 Å². The molecule has 1 amide bonds. The lowest BCUT2D eigenvalue weighted by Gasteiger charge is -2.04. The van der Waals surface area contributed by atoms with Crippen molar-refractivity contribution in [3.63, 3.8) is 0 Å². The molecule has 0 aliphatic rings. The lowest BCUT2D eigenvalue weighted by Crippen LogP contribution is -2.13. The minimum absolute atomic E-state index is 0.0620. The van der Waals surface area contributed by atoms with Crippen molar-refractivity contribution >= 4 is 17.6 Å². The number of benzene rings is 1. The van der Waals surface area contributed by atoms with Gasteiger partial charge in [0.1, 0.15) is 6.33 Å². The zero-order chi connectivity index (χ0) is 13.0. The molecule has 0 spiro atoms. The zero-order valence-electron chi connectivity index (χ0n) is 9.20. The van der Waals surface area contributed by atoms with Gasteiger partial charge in [-0.3, -0.25) is 4.79 Å².